The summed E-state index contributed by atoms with van der Waals surface area (Å²) in [4.78, 5) is 22.2. The first-order chi connectivity index (χ1) is 14.4. The third-order valence-corrected chi connectivity index (χ3v) is 5.26. The molecule has 0 aliphatic carbocycles. The fraction of sp³-hybridized carbons (Fsp3) is 0.273. The molecule has 0 unspecified atom stereocenters. The second-order valence-electron chi connectivity index (χ2n) is 7.52. The number of rotatable bonds is 6. The Kier molecular flexibility index (Phi) is 5.55. The third kappa shape index (κ3) is 3.93. The second-order valence-corrected chi connectivity index (χ2v) is 7.96. The predicted molar refractivity (Wildman–Crippen MR) is 119 cm³/mol. The number of hydrogen-bond donors (Lipinski definition) is 1. The SMILES string of the molecule is CC(C)n1ncc2c(=O)n(Cc3ccncc3)c(N[C@H](C)c3ccc(Cl)cc3)nc21. The average Bonchev–Trinajstić information content (AvgIpc) is 3.16. The minimum Gasteiger partial charge on any atom is -0.349 e. The lowest BCUT2D eigenvalue weighted by atomic mass is 10.1. The van der Waals surface area contributed by atoms with Crippen LogP contribution in [0.15, 0.2) is 59.8 Å². The van der Waals surface area contributed by atoms with Crippen molar-refractivity contribution in [3.8, 4) is 0 Å². The Morgan fingerprint density at radius 3 is 2.43 bits per heavy atom. The summed E-state index contributed by atoms with van der Waals surface area (Å²) in [6.07, 6.45) is 5.03. The molecule has 4 aromatic rings. The van der Waals surface area contributed by atoms with E-state index >= 15 is 0 Å². The molecule has 0 amide bonds. The average molecular weight is 423 g/mol. The zero-order valence-corrected chi connectivity index (χ0v) is 17.8. The van der Waals surface area contributed by atoms with Crippen molar-refractivity contribution in [3.05, 3.63) is 81.5 Å². The van der Waals surface area contributed by atoms with E-state index in [-0.39, 0.29) is 17.6 Å². The Hall–Kier alpha value is -3.19. The molecule has 0 bridgehead atoms. The summed E-state index contributed by atoms with van der Waals surface area (Å²) in [5, 5.41) is 8.97. The highest BCUT2D eigenvalue weighted by atomic mass is 35.5. The number of benzene rings is 1. The van der Waals surface area contributed by atoms with Crippen LogP contribution in [-0.2, 0) is 6.54 Å². The molecule has 1 N–H and O–H groups in total. The summed E-state index contributed by atoms with van der Waals surface area (Å²) in [5.74, 6) is 0.495. The molecule has 0 spiro atoms. The normalized spacial score (nSPS) is 12.4. The van der Waals surface area contributed by atoms with Crippen LogP contribution in [0.4, 0.5) is 5.95 Å². The smallest absolute Gasteiger partial charge is 0.266 e. The van der Waals surface area contributed by atoms with Gasteiger partial charge in [0.15, 0.2) is 5.65 Å². The van der Waals surface area contributed by atoms with Crippen molar-refractivity contribution >= 4 is 28.6 Å². The topological polar surface area (TPSA) is 77.6 Å². The number of halogens is 1. The first kappa shape index (κ1) is 20.1. The highest BCUT2D eigenvalue weighted by Gasteiger charge is 2.18. The molecule has 8 heteroatoms. The first-order valence-electron chi connectivity index (χ1n) is 9.83. The van der Waals surface area contributed by atoms with Crippen molar-refractivity contribution in [2.75, 3.05) is 5.32 Å². The molecule has 30 heavy (non-hydrogen) atoms. The molecule has 154 valence electrons. The molecule has 1 atom stereocenters. The van der Waals surface area contributed by atoms with Crippen LogP contribution in [0.2, 0.25) is 5.02 Å². The van der Waals surface area contributed by atoms with Crippen molar-refractivity contribution in [2.45, 2.75) is 39.4 Å². The number of nitrogens with one attached hydrogen (secondary N) is 1. The molecule has 4 rings (SSSR count). The van der Waals surface area contributed by atoms with Gasteiger partial charge < -0.3 is 5.32 Å². The molecule has 0 aliphatic rings. The van der Waals surface area contributed by atoms with E-state index < -0.39 is 0 Å². The van der Waals surface area contributed by atoms with E-state index in [0.29, 0.717) is 28.5 Å². The van der Waals surface area contributed by atoms with Crippen molar-refractivity contribution in [1.29, 1.82) is 0 Å². The van der Waals surface area contributed by atoms with E-state index in [4.69, 9.17) is 16.6 Å². The van der Waals surface area contributed by atoms with Crippen LogP contribution in [0, 0.1) is 0 Å². The Bertz CT molecular complexity index is 1210. The summed E-state index contributed by atoms with van der Waals surface area (Å²) < 4.78 is 3.42. The van der Waals surface area contributed by atoms with Crippen LogP contribution in [0.25, 0.3) is 11.0 Å². The number of fused-ring (bicyclic) bond motifs is 1. The van der Waals surface area contributed by atoms with E-state index in [9.17, 15) is 4.79 Å². The van der Waals surface area contributed by atoms with Crippen molar-refractivity contribution in [3.63, 3.8) is 0 Å². The van der Waals surface area contributed by atoms with Gasteiger partial charge in [0, 0.05) is 23.5 Å². The van der Waals surface area contributed by atoms with Crippen LogP contribution in [-0.4, -0.2) is 24.3 Å². The Morgan fingerprint density at radius 1 is 1.07 bits per heavy atom. The van der Waals surface area contributed by atoms with Gasteiger partial charge >= 0.3 is 0 Å². The molecule has 3 heterocycles. The third-order valence-electron chi connectivity index (χ3n) is 5.01. The lowest BCUT2D eigenvalue weighted by Crippen LogP contribution is -2.27. The Balaban J connectivity index is 1.81. The maximum Gasteiger partial charge on any atom is 0.266 e. The van der Waals surface area contributed by atoms with Crippen LogP contribution >= 0.6 is 11.6 Å². The molecular formula is C22H23ClN6O. The molecule has 0 saturated heterocycles. The van der Waals surface area contributed by atoms with Gasteiger partial charge in [-0.25, -0.2) is 4.68 Å². The van der Waals surface area contributed by atoms with Gasteiger partial charge in [-0.15, -0.1) is 0 Å². The standard InChI is InChI=1S/C22H23ClN6O/c1-14(2)29-20-19(12-25-29)21(30)28(13-16-8-10-24-11-9-16)22(27-20)26-15(3)17-4-6-18(23)7-5-17/h4-12,14-15H,13H2,1-3H3,(H,26,27)/t15-/m1/s1. The molecule has 1 aromatic carbocycles. The summed E-state index contributed by atoms with van der Waals surface area (Å²) in [5.41, 5.74) is 2.45. The molecule has 0 fully saturated rings. The van der Waals surface area contributed by atoms with E-state index in [2.05, 4.69) is 15.4 Å². The maximum absolute atomic E-state index is 13.3. The number of hydrogen-bond acceptors (Lipinski definition) is 5. The molecule has 7 nitrogen and oxygen atoms in total. The highest BCUT2D eigenvalue weighted by Crippen LogP contribution is 2.22. The van der Waals surface area contributed by atoms with Crippen molar-refractivity contribution in [1.82, 2.24) is 24.3 Å². The number of nitrogens with zero attached hydrogens (tertiary/aromatic N) is 5. The summed E-state index contributed by atoms with van der Waals surface area (Å²) in [6.45, 7) is 6.43. The number of anilines is 1. The monoisotopic (exact) mass is 422 g/mol. The predicted octanol–water partition coefficient (Wildman–Crippen LogP) is 4.44. The van der Waals surface area contributed by atoms with Gasteiger partial charge in [0.05, 0.1) is 18.8 Å². The Labute approximate surface area is 179 Å². The van der Waals surface area contributed by atoms with E-state index in [1.807, 2.05) is 57.2 Å². The molecule has 3 aromatic heterocycles. The van der Waals surface area contributed by atoms with Crippen LogP contribution in [0.1, 0.15) is 44.0 Å². The van der Waals surface area contributed by atoms with Crippen LogP contribution in [0.3, 0.4) is 0 Å². The summed E-state index contributed by atoms with van der Waals surface area (Å²) in [6, 6.07) is 11.4. The lowest BCUT2D eigenvalue weighted by Gasteiger charge is -2.19. The fourth-order valence-corrected chi connectivity index (χ4v) is 3.48. The number of aromatic nitrogens is 5. The van der Waals surface area contributed by atoms with Gasteiger partial charge in [0.25, 0.3) is 5.56 Å². The quantitative estimate of drug-likeness (QED) is 0.497. The maximum atomic E-state index is 13.3. The van der Waals surface area contributed by atoms with Gasteiger partial charge in [0.1, 0.15) is 5.39 Å². The summed E-state index contributed by atoms with van der Waals surface area (Å²) >= 11 is 6.02. The van der Waals surface area contributed by atoms with E-state index in [1.54, 1.807) is 27.8 Å². The van der Waals surface area contributed by atoms with Gasteiger partial charge in [-0.2, -0.15) is 10.1 Å². The highest BCUT2D eigenvalue weighted by molar-refractivity contribution is 6.30. The van der Waals surface area contributed by atoms with Crippen molar-refractivity contribution < 1.29 is 0 Å². The van der Waals surface area contributed by atoms with Crippen molar-refractivity contribution in [2.24, 2.45) is 0 Å². The zero-order chi connectivity index (χ0) is 21.3. The second kappa shape index (κ2) is 8.28. The molecule has 0 aliphatic heterocycles. The van der Waals surface area contributed by atoms with Gasteiger partial charge in [-0.05, 0) is 56.2 Å². The summed E-state index contributed by atoms with van der Waals surface area (Å²) in [7, 11) is 0. The minimum absolute atomic E-state index is 0.0780. The van der Waals surface area contributed by atoms with E-state index in [0.717, 1.165) is 11.1 Å². The van der Waals surface area contributed by atoms with Gasteiger partial charge in [-0.3, -0.25) is 14.3 Å². The van der Waals surface area contributed by atoms with E-state index in [1.165, 1.54) is 0 Å². The van der Waals surface area contributed by atoms with Crippen LogP contribution < -0.4 is 10.9 Å². The largest absolute Gasteiger partial charge is 0.349 e. The minimum atomic E-state index is -0.130. The molecular weight excluding hydrogens is 400 g/mol. The lowest BCUT2D eigenvalue weighted by molar-refractivity contribution is 0.545. The fourth-order valence-electron chi connectivity index (χ4n) is 3.35. The number of pyridine rings is 1. The first-order valence-corrected chi connectivity index (χ1v) is 10.2. The molecule has 0 saturated carbocycles. The van der Waals surface area contributed by atoms with Gasteiger partial charge in [0.2, 0.25) is 5.95 Å². The molecule has 0 radical (unpaired) electrons. The van der Waals surface area contributed by atoms with Gasteiger partial charge in [-0.1, -0.05) is 23.7 Å². The Morgan fingerprint density at radius 2 is 1.77 bits per heavy atom. The van der Waals surface area contributed by atoms with Crippen LogP contribution in [0.5, 0.6) is 0 Å². The zero-order valence-electron chi connectivity index (χ0n) is 17.1.